The zero-order chi connectivity index (χ0) is 10.9. The lowest BCUT2D eigenvalue weighted by Gasteiger charge is -2.31. The second kappa shape index (κ2) is 3.60. The number of hydrogen-bond acceptors (Lipinski definition) is 2. The molecule has 0 saturated carbocycles. The normalized spacial score (nSPS) is 21.6. The number of carbonyl (C=O) groups is 1. The first kappa shape index (κ1) is 11.0. The quantitative estimate of drug-likeness (QED) is 0.685. The summed E-state index contributed by atoms with van der Waals surface area (Å²) < 4.78 is 0. The summed E-state index contributed by atoms with van der Waals surface area (Å²) in [4.78, 5) is 11.7. The van der Waals surface area contributed by atoms with Gasteiger partial charge in [0.2, 0.25) is 0 Å². The summed E-state index contributed by atoms with van der Waals surface area (Å²) in [6, 6.07) is 0. The molecule has 0 fully saturated rings. The molecule has 2 nitrogen and oxygen atoms in total. The molecule has 78 valence electrons. The van der Waals surface area contributed by atoms with Crippen molar-refractivity contribution in [3.63, 3.8) is 0 Å². The Hall–Kier alpha value is -1.05. The van der Waals surface area contributed by atoms with E-state index in [1.54, 1.807) is 0 Å². The van der Waals surface area contributed by atoms with E-state index in [1.165, 1.54) is 0 Å². The van der Waals surface area contributed by atoms with Crippen molar-refractivity contribution < 1.29 is 9.90 Å². The third-order valence-corrected chi connectivity index (χ3v) is 2.68. The highest BCUT2D eigenvalue weighted by atomic mass is 16.3. The van der Waals surface area contributed by atoms with Crippen molar-refractivity contribution in [2.45, 2.75) is 40.0 Å². The van der Waals surface area contributed by atoms with Crippen LogP contribution in [-0.2, 0) is 4.79 Å². The van der Waals surface area contributed by atoms with Crippen LogP contribution < -0.4 is 0 Å². The van der Waals surface area contributed by atoms with Gasteiger partial charge < -0.3 is 5.11 Å². The molecule has 0 bridgehead atoms. The summed E-state index contributed by atoms with van der Waals surface area (Å²) in [6.07, 6.45) is 2.08. The number of carbonyl (C=O) groups excluding carboxylic acids is 1. The number of Topliss-reactive ketones (excluding diaryl/α,β-unsaturated/α-hetero) is 1. The topological polar surface area (TPSA) is 37.3 Å². The molecule has 1 aliphatic carbocycles. The average Bonchev–Trinajstić information content (AvgIpc) is 2.09. The van der Waals surface area contributed by atoms with Gasteiger partial charge in [0.25, 0.3) is 0 Å². The highest BCUT2D eigenvalue weighted by molar-refractivity contribution is 6.09. The number of aliphatic hydroxyl groups excluding tert-OH is 1. The fourth-order valence-corrected chi connectivity index (χ4v) is 1.91. The number of ketones is 1. The van der Waals surface area contributed by atoms with Crippen molar-refractivity contribution in [1.82, 2.24) is 0 Å². The van der Waals surface area contributed by atoms with E-state index in [2.05, 4.69) is 6.58 Å². The van der Waals surface area contributed by atoms with Crippen LogP contribution >= 0.6 is 0 Å². The molecule has 0 heterocycles. The van der Waals surface area contributed by atoms with Crippen molar-refractivity contribution in [1.29, 1.82) is 0 Å². The Kier molecular flexibility index (Phi) is 2.84. The second-order valence-corrected chi connectivity index (χ2v) is 4.57. The van der Waals surface area contributed by atoms with Crippen LogP contribution in [0.2, 0.25) is 0 Å². The first-order valence-electron chi connectivity index (χ1n) is 5.05. The van der Waals surface area contributed by atoms with Gasteiger partial charge in [0.05, 0.1) is 0 Å². The molecule has 0 unspecified atom stereocenters. The Balaban J connectivity index is 3.16. The Morgan fingerprint density at radius 3 is 2.57 bits per heavy atom. The van der Waals surface area contributed by atoms with Crippen LogP contribution in [0.5, 0.6) is 0 Å². The molecule has 0 spiro atoms. The Labute approximate surface area is 85.3 Å². The van der Waals surface area contributed by atoms with Crippen molar-refractivity contribution in [3.05, 3.63) is 23.5 Å². The van der Waals surface area contributed by atoms with Gasteiger partial charge >= 0.3 is 0 Å². The number of rotatable bonds is 2. The lowest BCUT2D eigenvalue weighted by Crippen LogP contribution is -2.27. The van der Waals surface area contributed by atoms with Crippen LogP contribution in [0.3, 0.4) is 0 Å². The third kappa shape index (κ3) is 1.74. The maximum absolute atomic E-state index is 11.7. The van der Waals surface area contributed by atoms with Gasteiger partial charge in [0.1, 0.15) is 5.76 Å². The molecule has 14 heavy (non-hydrogen) atoms. The van der Waals surface area contributed by atoms with Gasteiger partial charge in [-0.2, -0.15) is 0 Å². The van der Waals surface area contributed by atoms with Crippen molar-refractivity contribution in [3.8, 4) is 0 Å². The molecule has 1 rings (SSSR count). The summed E-state index contributed by atoms with van der Waals surface area (Å²) in [5.41, 5.74) is 0.861. The highest BCUT2D eigenvalue weighted by Gasteiger charge is 2.35. The van der Waals surface area contributed by atoms with E-state index in [9.17, 15) is 9.90 Å². The first-order valence-corrected chi connectivity index (χ1v) is 5.05. The van der Waals surface area contributed by atoms with Crippen molar-refractivity contribution >= 4 is 5.78 Å². The Morgan fingerprint density at radius 2 is 2.07 bits per heavy atom. The number of allylic oxidation sites excluding steroid dienone is 3. The summed E-state index contributed by atoms with van der Waals surface area (Å²) in [5.74, 6) is 0.209. The summed E-state index contributed by atoms with van der Waals surface area (Å²) in [6.45, 7) is 9.64. The molecule has 0 saturated heterocycles. The molecule has 2 heteroatoms. The van der Waals surface area contributed by atoms with Crippen LogP contribution in [-0.4, -0.2) is 10.9 Å². The molecule has 1 N–H and O–H groups in total. The predicted molar refractivity (Wildman–Crippen MR) is 57.1 cm³/mol. The van der Waals surface area contributed by atoms with Gasteiger partial charge in [-0.1, -0.05) is 33.8 Å². The first-order chi connectivity index (χ1) is 6.40. The molecule has 0 aromatic rings. The maximum atomic E-state index is 11.7. The maximum Gasteiger partial charge on any atom is 0.187 e. The highest BCUT2D eigenvalue weighted by Crippen LogP contribution is 2.40. The van der Waals surface area contributed by atoms with E-state index in [0.29, 0.717) is 24.0 Å². The molecule has 0 aromatic carbocycles. The number of aliphatic hydroxyl groups is 1. The van der Waals surface area contributed by atoms with Crippen molar-refractivity contribution in [2.24, 2.45) is 5.41 Å². The minimum absolute atomic E-state index is 0.0522. The molecule has 0 atom stereocenters. The van der Waals surface area contributed by atoms with Crippen LogP contribution in [0.25, 0.3) is 0 Å². The second-order valence-electron chi connectivity index (χ2n) is 4.57. The van der Waals surface area contributed by atoms with Gasteiger partial charge in [-0.05, 0) is 18.4 Å². The van der Waals surface area contributed by atoms with Gasteiger partial charge in [0, 0.05) is 11.0 Å². The van der Waals surface area contributed by atoms with Crippen LogP contribution in [0.15, 0.2) is 23.5 Å². The Bertz CT molecular complexity index is 308. The molecule has 1 aliphatic rings. The Morgan fingerprint density at radius 1 is 1.50 bits per heavy atom. The molecule has 0 aromatic heterocycles. The fraction of sp³-hybridized carbons (Fsp3) is 0.583. The molecular formula is C12H18O2. The smallest absolute Gasteiger partial charge is 0.187 e. The fourth-order valence-electron chi connectivity index (χ4n) is 1.91. The SMILES string of the molecule is C=C1CC(C)(C)C(O)=C(CCC)C1=O. The van der Waals surface area contributed by atoms with E-state index in [4.69, 9.17) is 0 Å². The van der Waals surface area contributed by atoms with E-state index in [1.807, 2.05) is 20.8 Å². The van der Waals surface area contributed by atoms with Crippen LogP contribution in [0.4, 0.5) is 0 Å². The number of hydrogen-bond donors (Lipinski definition) is 1. The van der Waals surface area contributed by atoms with E-state index in [-0.39, 0.29) is 17.0 Å². The van der Waals surface area contributed by atoms with Gasteiger partial charge in [-0.25, -0.2) is 0 Å². The van der Waals surface area contributed by atoms with E-state index >= 15 is 0 Å². The van der Waals surface area contributed by atoms with Crippen LogP contribution in [0, 0.1) is 5.41 Å². The van der Waals surface area contributed by atoms with Crippen LogP contribution in [0.1, 0.15) is 40.0 Å². The third-order valence-electron chi connectivity index (χ3n) is 2.68. The molecule has 0 radical (unpaired) electrons. The average molecular weight is 194 g/mol. The summed E-state index contributed by atoms with van der Waals surface area (Å²) >= 11 is 0. The zero-order valence-corrected chi connectivity index (χ0v) is 9.18. The van der Waals surface area contributed by atoms with Crippen molar-refractivity contribution in [2.75, 3.05) is 0 Å². The summed E-state index contributed by atoms with van der Waals surface area (Å²) in [7, 11) is 0. The molecular weight excluding hydrogens is 176 g/mol. The standard InChI is InChI=1S/C12H18O2/c1-5-6-9-10(13)8(2)7-12(3,4)11(9)14/h14H,2,5-7H2,1,3-4H3. The van der Waals surface area contributed by atoms with Gasteiger partial charge in [0.15, 0.2) is 5.78 Å². The van der Waals surface area contributed by atoms with E-state index < -0.39 is 0 Å². The minimum atomic E-state index is -0.324. The lowest BCUT2D eigenvalue weighted by atomic mass is 9.74. The minimum Gasteiger partial charge on any atom is -0.511 e. The largest absolute Gasteiger partial charge is 0.511 e. The van der Waals surface area contributed by atoms with Gasteiger partial charge in [-0.3, -0.25) is 4.79 Å². The molecule has 0 amide bonds. The monoisotopic (exact) mass is 194 g/mol. The zero-order valence-electron chi connectivity index (χ0n) is 9.18. The van der Waals surface area contributed by atoms with E-state index in [0.717, 1.165) is 6.42 Å². The molecule has 0 aliphatic heterocycles. The lowest BCUT2D eigenvalue weighted by molar-refractivity contribution is -0.113. The summed E-state index contributed by atoms with van der Waals surface area (Å²) in [5, 5.41) is 9.93. The van der Waals surface area contributed by atoms with Gasteiger partial charge in [-0.15, -0.1) is 0 Å². The predicted octanol–water partition coefficient (Wildman–Crippen LogP) is 3.15.